The van der Waals surface area contributed by atoms with Gasteiger partial charge in [0, 0.05) is 66.8 Å². The van der Waals surface area contributed by atoms with Crippen molar-refractivity contribution in [1.82, 2.24) is 5.48 Å². The number of ether oxygens (including phenoxy) is 2. The molecule has 0 amide bonds. The molecule has 3 N–H and O–H groups in total. The molecule has 0 bridgehead atoms. The van der Waals surface area contributed by atoms with E-state index in [-0.39, 0.29) is 0 Å². The molecule has 9 aliphatic carbocycles. The number of hydroxylamine groups is 1. The lowest BCUT2D eigenvalue weighted by molar-refractivity contribution is -0.499. The summed E-state index contributed by atoms with van der Waals surface area (Å²) in [5, 5.41) is 80.2. The SMILES string of the molecule is CC(C)(C)OO[C@]12C3=C4[C@]5(OOC(C)(C)C)c6c1c1c7c2c2c8c9c%10c%11c%12c%13c%14c%15c%16c%17c(c5c5c6c6c1c1c%18c7c8c7c8c9c%12c9c%12c%13c%16c%13c%16c%17c5c5c6c1c1c(c%187)c(c98)c(c%12%13)c1c5%16)[C@@]%15(OOC(C)(C)C)[C@]4(NO)O[C@](O)([C@@]%11%14OOC(C)(C)C)[C@@]31O[C@]2%101. The van der Waals surface area contributed by atoms with Crippen molar-refractivity contribution in [1.29, 1.82) is 0 Å². The molecular formula is C76H39NO12. The predicted molar refractivity (Wildman–Crippen MR) is 334 cm³/mol. The predicted octanol–water partition coefficient (Wildman–Crippen LogP) is 15.9. The first kappa shape index (κ1) is 41.9. The van der Waals surface area contributed by atoms with Crippen molar-refractivity contribution >= 4 is 215 Å². The standard InChI is InChI=1S/C76H39NO12/c1-65(2,3)82-86-69-53-43-33-23-18-13-14-16-17-15(13)20-26-24(18)34(33)44-46-36(26)38-28(20)30-22(17)32-31-21(16)29-27-19(14)25(23)35-37(27)47-49-39(29)41(31)51-52-42(32)40(30)50-48(38)58-56(46)70(54(44)53,87-83-66(4,5)6)64-63(69)74-71(80-74,57(47)55(69)45(35)43)59(49)61(51)73(89-85-68(10,11)12)62(52)60(50)72(58,88-84-67(7,8)9)75(64,77-79)81-76(73,74)78/h77-79H,1-12H3/t69-,70+,71-,72+,73-,74-,75-,76-/m1/s1. The zero-order valence-corrected chi connectivity index (χ0v) is 49.5. The molecule has 21 aromatic carbocycles. The third-order valence-corrected chi connectivity index (χ3v) is 27.0. The van der Waals surface area contributed by atoms with Gasteiger partial charge in [0.05, 0.1) is 22.4 Å². The van der Waals surface area contributed by atoms with Gasteiger partial charge in [-0.2, -0.15) is 5.48 Å². The van der Waals surface area contributed by atoms with Crippen LogP contribution in [-0.4, -0.2) is 49.8 Å². The van der Waals surface area contributed by atoms with E-state index in [0.29, 0.717) is 22.3 Å². The lowest BCUT2D eigenvalue weighted by atomic mass is 9.47. The van der Waals surface area contributed by atoms with Gasteiger partial charge >= 0.3 is 0 Å². The third-order valence-electron chi connectivity index (χ3n) is 27.0. The summed E-state index contributed by atoms with van der Waals surface area (Å²) < 4.78 is 17.2. The normalized spacial score (nSPS) is 32.6. The van der Waals surface area contributed by atoms with Crippen LogP contribution in [0.3, 0.4) is 0 Å². The molecule has 420 valence electrons. The molecule has 13 nitrogen and oxygen atoms in total. The fourth-order valence-electron chi connectivity index (χ4n) is 26.5. The molecule has 89 heavy (non-hydrogen) atoms. The zero-order valence-electron chi connectivity index (χ0n) is 49.5. The Bertz CT molecular complexity index is 7470. The first-order chi connectivity index (χ1) is 42.5. The van der Waals surface area contributed by atoms with Gasteiger partial charge in [-0.3, -0.25) is 0 Å². The minimum absolute atomic E-state index is 0.411. The second kappa shape index (κ2) is 9.55. The number of epoxide rings is 1. The number of rotatable bonds is 9. The van der Waals surface area contributed by atoms with Gasteiger partial charge < -0.3 is 19.8 Å². The molecule has 13 heteroatoms. The highest BCUT2D eigenvalue weighted by Gasteiger charge is 3.03. The summed E-state index contributed by atoms with van der Waals surface area (Å²) in [6, 6.07) is 0. The van der Waals surface area contributed by atoms with Crippen molar-refractivity contribution in [3.05, 3.63) is 66.8 Å². The Kier molecular flexibility index (Phi) is 4.50. The van der Waals surface area contributed by atoms with E-state index in [9.17, 15) is 5.21 Å². The highest BCUT2D eigenvalue weighted by molar-refractivity contribution is 6.77. The number of hydrogen-bond acceptors (Lipinski definition) is 13. The van der Waals surface area contributed by atoms with Crippen molar-refractivity contribution in [3.8, 4) is 0 Å². The van der Waals surface area contributed by atoms with Crippen molar-refractivity contribution < 1.29 is 58.9 Å². The Balaban J connectivity index is 1.05. The Morgan fingerprint density at radius 2 is 0.517 bits per heavy atom. The van der Waals surface area contributed by atoms with E-state index in [4.69, 9.17) is 48.6 Å². The van der Waals surface area contributed by atoms with Crippen LogP contribution in [0.15, 0.2) is 11.1 Å². The first-order valence-corrected chi connectivity index (χ1v) is 32.1. The van der Waals surface area contributed by atoms with E-state index in [1.54, 1.807) is 0 Å². The highest BCUT2D eigenvalue weighted by atomic mass is 17.2. The number of fused-ring (bicyclic) bond motifs is 5. The minimum Gasteiger partial charge on any atom is -0.360 e. The van der Waals surface area contributed by atoms with Gasteiger partial charge in [-0.25, -0.2) is 39.1 Å². The maximum atomic E-state index is 16.6. The molecule has 8 atom stereocenters. The molecule has 2 spiro atoms. The van der Waals surface area contributed by atoms with Crippen LogP contribution in [0.25, 0.3) is 215 Å². The summed E-state index contributed by atoms with van der Waals surface area (Å²) in [6.07, 6.45) is 0. The minimum atomic E-state index is -2.70. The van der Waals surface area contributed by atoms with Crippen molar-refractivity contribution in [3.63, 3.8) is 0 Å². The molecule has 0 radical (unpaired) electrons. The van der Waals surface area contributed by atoms with E-state index in [0.717, 1.165) is 115 Å². The Hall–Kier alpha value is -7.28. The zero-order chi connectivity index (χ0) is 57.8. The van der Waals surface area contributed by atoms with E-state index < -0.39 is 67.5 Å². The molecule has 0 unspecified atom stereocenters. The van der Waals surface area contributed by atoms with Crippen LogP contribution >= 0.6 is 0 Å². The number of benzene rings is 15. The summed E-state index contributed by atoms with van der Waals surface area (Å²) in [4.78, 5) is 61.3. The van der Waals surface area contributed by atoms with Crippen LogP contribution in [0.5, 0.6) is 0 Å². The van der Waals surface area contributed by atoms with E-state index in [1.165, 1.54) is 145 Å². The molecule has 1 fully saturated rings. The second-order valence-electron chi connectivity index (χ2n) is 34.3. The summed E-state index contributed by atoms with van der Waals surface area (Å²) >= 11 is 0. The number of nitrogens with one attached hydrogen (secondary N) is 1. The van der Waals surface area contributed by atoms with Crippen LogP contribution in [-0.2, 0) is 76.6 Å². The maximum absolute atomic E-state index is 16.6. The van der Waals surface area contributed by atoms with Gasteiger partial charge in [-0.15, -0.1) is 0 Å². The average molecular weight is 1160 g/mol. The van der Waals surface area contributed by atoms with Crippen LogP contribution in [0, 0.1) is 0 Å². The first-order valence-electron chi connectivity index (χ1n) is 32.1. The van der Waals surface area contributed by atoms with Crippen molar-refractivity contribution in [2.75, 3.05) is 0 Å². The lowest BCUT2D eigenvalue weighted by Gasteiger charge is -2.66. The number of aliphatic hydroxyl groups is 1. The lowest BCUT2D eigenvalue weighted by Crippen LogP contribution is -2.82. The average Bonchev–Trinajstić information content (AvgIpc) is 1.36. The van der Waals surface area contributed by atoms with Gasteiger partial charge in [-0.1, -0.05) is 0 Å². The molecule has 2 aliphatic heterocycles. The van der Waals surface area contributed by atoms with Crippen LogP contribution < -0.4 is 5.48 Å². The Morgan fingerprint density at radius 3 is 0.865 bits per heavy atom. The summed E-state index contributed by atoms with van der Waals surface area (Å²) in [5.74, 6) is -2.70. The Labute approximate surface area is 494 Å². The van der Waals surface area contributed by atoms with Gasteiger partial charge in [0.1, 0.15) is 0 Å². The van der Waals surface area contributed by atoms with Crippen molar-refractivity contribution in [2.45, 2.75) is 151 Å². The molecule has 2 heterocycles. The van der Waals surface area contributed by atoms with Gasteiger partial charge in [0.15, 0.2) is 22.4 Å². The molecule has 0 saturated carbocycles. The molecule has 21 aromatic rings. The Morgan fingerprint density at radius 1 is 0.281 bits per heavy atom. The summed E-state index contributed by atoms with van der Waals surface area (Å²) in [7, 11) is 0. The molecule has 0 aromatic heterocycles. The van der Waals surface area contributed by atoms with E-state index in [2.05, 4.69) is 5.48 Å². The monoisotopic (exact) mass is 1160 g/mol. The summed E-state index contributed by atoms with van der Waals surface area (Å²) in [5.41, 5.74) is -4.94. The van der Waals surface area contributed by atoms with Crippen molar-refractivity contribution in [2.24, 2.45) is 0 Å². The van der Waals surface area contributed by atoms with Gasteiger partial charge in [-0.05, 0) is 299 Å². The third kappa shape index (κ3) is 2.61. The summed E-state index contributed by atoms with van der Waals surface area (Å²) in [6.45, 7) is 24.1. The van der Waals surface area contributed by atoms with Gasteiger partial charge in [0.25, 0.3) is 0 Å². The van der Waals surface area contributed by atoms with Gasteiger partial charge in [0.2, 0.25) is 22.7 Å². The van der Waals surface area contributed by atoms with Crippen LogP contribution in [0.4, 0.5) is 0 Å². The fraction of sp³-hybridized carbons (Fsp3) is 0.316. The molecule has 32 rings (SSSR count). The quantitative estimate of drug-likeness (QED) is 0.0414. The fourth-order valence-corrected chi connectivity index (χ4v) is 26.5. The second-order valence-corrected chi connectivity index (χ2v) is 34.3. The van der Waals surface area contributed by atoms with Crippen LogP contribution in [0.2, 0.25) is 0 Å². The molecule has 1 saturated heterocycles. The van der Waals surface area contributed by atoms with Crippen LogP contribution in [0.1, 0.15) is 139 Å². The molecule has 11 aliphatic rings. The largest absolute Gasteiger partial charge is 0.360 e. The van der Waals surface area contributed by atoms with E-state index in [1.807, 2.05) is 83.1 Å². The topological polar surface area (TPSA) is 148 Å². The highest BCUT2D eigenvalue weighted by Crippen LogP contribution is 2.96. The smallest absolute Gasteiger partial charge is 0.247 e. The maximum Gasteiger partial charge on any atom is 0.247 e. The number of hydrogen-bond donors (Lipinski definition) is 3. The van der Waals surface area contributed by atoms with E-state index >= 15 is 5.11 Å². The molecular weight excluding hydrogens is 1120 g/mol.